The monoisotopic (exact) mass is 386 g/mol. The Bertz CT molecular complexity index is 1120. The summed E-state index contributed by atoms with van der Waals surface area (Å²) in [5.74, 6) is 1.37. The van der Waals surface area contributed by atoms with Crippen molar-refractivity contribution >= 4 is 0 Å². The average molecular weight is 386 g/mol. The van der Waals surface area contributed by atoms with E-state index in [2.05, 4.69) is 24.8 Å². The lowest BCUT2D eigenvalue weighted by molar-refractivity contribution is 0.237. The van der Waals surface area contributed by atoms with Crippen LogP contribution in [0.5, 0.6) is 0 Å². The Morgan fingerprint density at radius 1 is 1.00 bits per heavy atom. The van der Waals surface area contributed by atoms with Gasteiger partial charge in [-0.05, 0) is 42.0 Å². The molecule has 0 saturated carbocycles. The summed E-state index contributed by atoms with van der Waals surface area (Å²) in [7, 11) is 0. The van der Waals surface area contributed by atoms with Crippen LogP contribution in [0.15, 0.2) is 61.2 Å². The maximum Gasteiger partial charge on any atom is 0.160 e. The Morgan fingerprint density at radius 2 is 1.90 bits per heavy atom. The SMILES string of the molecule is Fc1ccc(-c2cnc(CN3CCc4nc(-c5cccnc5)ncc4C3)[nH]2)cc1. The van der Waals surface area contributed by atoms with E-state index in [1.165, 1.54) is 12.1 Å². The molecule has 0 amide bonds. The fraction of sp³-hybridized carbons (Fsp3) is 0.182. The molecule has 7 heteroatoms. The summed E-state index contributed by atoms with van der Waals surface area (Å²) in [6.07, 6.45) is 8.12. The molecule has 0 atom stereocenters. The van der Waals surface area contributed by atoms with Gasteiger partial charge < -0.3 is 4.98 Å². The van der Waals surface area contributed by atoms with Crippen molar-refractivity contribution in [3.63, 3.8) is 0 Å². The largest absolute Gasteiger partial charge is 0.341 e. The molecule has 0 saturated heterocycles. The van der Waals surface area contributed by atoms with E-state index in [0.29, 0.717) is 6.54 Å². The minimum atomic E-state index is -0.241. The lowest BCUT2D eigenvalue weighted by atomic mass is 10.1. The van der Waals surface area contributed by atoms with Crippen LogP contribution in [0.1, 0.15) is 17.1 Å². The first-order valence-corrected chi connectivity index (χ1v) is 9.52. The van der Waals surface area contributed by atoms with E-state index in [0.717, 1.165) is 59.2 Å². The summed E-state index contributed by atoms with van der Waals surface area (Å²) in [6, 6.07) is 10.3. The van der Waals surface area contributed by atoms with Crippen molar-refractivity contribution in [3.8, 4) is 22.6 Å². The van der Waals surface area contributed by atoms with Crippen LogP contribution >= 0.6 is 0 Å². The number of rotatable bonds is 4. The maximum absolute atomic E-state index is 13.1. The van der Waals surface area contributed by atoms with Gasteiger partial charge in [-0.25, -0.2) is 19.3 Å². The lowest BCUT2D eigenvalue weighted by Gasteiger charge is -2.27. The molecule has 1 N–H and O–H groups in total. The number of nitrogens with one attached hydrogen (secondary N) is 1. The number of H-pyrrole nitrogens is 1. The van der Waals surface area contributed by atoms with Crippen molar-refractivity contribution in [3.05, 3.63) is 84.1 Å². The highest BCUT2D eigenvalue weighted by molar-refractivity contribution is 5.58. The predicted octanol–water partition coefficient (Wildman–Crippen LogP) is 3.63. The summed E-state index contributed by atoms with van der Waals surface area (Å²) < 4.78 is 13.1. The van der Waals surface area contributed by atoms with Gasteiger partial charge in [-0.2, -0.15) is 0 Å². The fourth-order valence-corrected chi connectivity index (χ4v) is 3.57. The predicted molar refractivity (Wildman–Crippen MR) is 107 cm³/mol. The first-order valence-electron chi connectivity index (χ1n) is 9.52. The van der Waals surface area contributed by atoms with E-state index < -0.39 is 0 Å². The molecule has 5 rings (SSSR count). The van der Waals surface area contributed by atoms with Gasteiger partial charge in [-0.3, -0.25) is 9.88 Å². The van der Waals surface area contributed by atoms with Gasteiger partial charge in [0.15, 0.2) is 5.82 Å². The van der Waals surface area contributed by atoms with Gasteiger partial charge >= 0.3 is 0 Å². The van der Waals surface area contributed by atoms with Crippen LogP contribution in [0, 0.1) is 5.82 Å². The highest BCUT2D eigenvalue weighted by Gasteiger charge is 2.20. The number of imidazole rings is 1. The van der Waals surface area contributed by atoms with E-state index in [-0.39, 0.29) is 5.82 Å². The summed E-state index contributed by atoms with van der Waals surface area (Å²) >= 11 is 0. The molecule has 3 aromatic heterocycles. The molecular formula is C22H19FN6. The summed E-state index contributed by atoms with van der Waals surface area (Å²) in [5, 5.41) is 0. The first kappa shape index (κ1) is 17.6. The number of benzene rings is 1. The number of fused-ring (bicyclic) bond motifs is 1. The molecule has 0 radical (unpaired) electrons. The maximum atomic E-state index is 13.1. The molecule has 0 unspecified atom stereocenters. The third-order valence-corrected chi connectivity index (χ3v) is 5.09. The van der Waals surface area contributed by atoms with Crippen molar-refractivity contribution in [2.75, 3.05) is 6.54 Å². The standard InChI is InChI=1S/C22H19FN6/c23-18-5-3-15(4-6-18)20-12-25-21(27-20)14-29-9-7-19-17(13-29)11-26-22(28-19)16-2-1-8-24-10-16/h1-6,8,10-12H,7,9,13-14H2,(H,25,27). The minimum absolute atomic E-state index is 0.241. The van der Waals surface area contributed by atoms with Crippen molar-refractivity contribution in [2.24, 2.45) is 0 Å². The van der Waals surface area contributed by atoms with E-state index in [9.17, 15) is 4.39 Å². The summed E-state index contributed by atoms with van der Waals surface area (Å²) in [6.45, 7) is 2.41. The van der Waals surface area contributed by atoms with Gasteiger partial charge in [0.1, 0.15) is 11.6 Å². The quantitative estimate of drug-likeness (QED) is 0.580. The van der Waals surface area contributed by atoms with Crippen LogP contribution in [0.4, 0.5) is 4.39 Å². The van der Waals surface area contributed by atoms with Gasteiger partial charge in [0, 0.05) is 49.2 Å². The number of hydrogen-bond donors (Lipinski definition) is 1. The van der Waals surface area contributed by atoms with Crippen LogP contribution in [0.2, 0.25) is 0 Å². The zero-order chi connectivity index (χ0) is 19.6. The number of nitrogens with zero attached hydrogens (tertiary/aromatic N) is 5. The van der Waals surface area contributed by atoms with Crippen molar-refractivity contribution in [1.29, 1.82) is 0 Å². The van der Waals surface area contributed by atoms with Crippen LogP contribution < -0.4 is 0 Å². The van der Waals surface area contributed by atoms with Crippen molar-refractivity contribution < 1.29 is 4.39 Å². The van der Waals surface area contributed by atoms with Gasteiger partial charge in [0.05, 0.1) is 24.1 Å². The third-order valence-electron chi connectivity index (χ3n) is 5.09. The summed E-state index contributed by atoms with van der Waals surface area (Å²) in [4.78, 5) is 23.6. The average Bonchev–Trinajstić information content (AvgIpc) is 3.23. The molecule has 1 aliphatic heterocycles. The van der Waals surface area contributed by atoms with E-state index in [1.54, 1.807) is 30.7 Å². The van der Waals surface area contributed by atoms with E-state index in [4.69, 9.17) is 4.98 Å². The highest BCUT2D eigenvalue weighted by Crippen LogP contribution is 2.22. The lowest BCUT2D eigenvalue weighted by Crippen LogP contribution is -2.31. The van der Waals surface area contributed by atoms with Crippen LogP contribution in [0.3, 0.4) is 0 Å². The Labute approximate surface area is 167 Å². The fourth-order valence-electron chi connectivity index (χ4n) is 3.57. The molecule has 0 bridgehead atoms. The zero-order valence-corrected chi connectivity index (χ0v) is 15.7. The second kappa shape index (κ2) is 7.52. The van der Waals surface area contributed by atoms with Gasteiger partial charge in [0.25, 0.3) is 0 Å². The normalized spacial score (nSPS) is 14.0. The molecule has 1 aliphatic rings. The van der Waals surface area contributed by atoms with Gasteiger partial charge in [0.2, 0.25) is 0 Å². The number of halogens is 1. The second-order valence-electron chi connectivity index (χ2n) is 7.12. The molecule has 0 spiro atoms. The summed E-state index contributed by atoms with van der Waals surface area (Å²) in [5.41, 5.74) is 4.99. The Morgan fingerprint density at radius 3 is 2.72 bits per heavy atom. The molecule has 29 heavy (non-hydrogen) atoms. The Balaban J connectivity index is 1.29. The zero-order valence-electron chi connectivity index (χ0n) is 15.7. The molecule has 6 nitrogen and oxygen atoms in total. The highest BCUT2D eigenvalue weighted by atomic mass is 19.1. The molecule has 1 aromatic carbocycles. The van der Waals surface area contributed by atoms with E-state index >= 15 is 0 Å². The second-order valence-corrected chi connectivity index (χ2v) is 7.12. The number of aromatic amines is 1. The molecule has 4 aromatic rings. The topological polar surface area (TPSA) is 70.6 Å². The molecule has 0 fully saturated rings. The number of aromatic nitrogens is 5. The van der Waals surface area contributed by atoms with Gasteiger partial charge in [-0.1, -0.05) is 0 Å². The number of hydrogen-bond acceptors (Lipinski definition) is 5. The van der Waals surface area contributed by atoms with Crippen molar-refractivity contribution in [1.82, 2.24) is 29.8 Å². The van der Waals surface area contributed by atoms with Crippen LogP contribution in [0.25, 0.3) is 22.6 Å². The molecular weight excluding hydrogens is 367 g/mol. The number of pyridine rings is 1. The van der Waals surface area contributed by atoms with Crippen LogP contribution in [-0.4, -0.2) is 36.4 Å². The van der Waals surface area contributed by atoms with Crippen LogP contribution in [-0.2, 0) is 19.5 Å². The smallest absolute Gasteiger partial charge is 0.160 e. The minimum Gasteiger partial charge on any atom is -0.341 e. The van der Waals surface area contributed by atoms with E-state index in [1.807, 2.05) is 18.3 Å². The third kappa shape index (κ3) is 3.77. The van der Waals surface area contributed by atoms with Gasteiger partial charge in [-0.15, -0.1) is 0 Å². The molecule has 144 valence electrons. The first-order chi connectivity index (χ1) is 14.2. The Kier molecular flexibility index (Phi) is 4.57. The van der Waals surface area contributed by atoms with Crippen molar-refractivity contribution in [2.45, 2.75) is 19.5 Å². The molecule has 4 heterocycles. The molecule has 0 aliphatic carbocycles. The Hall–Kier alpha value is -3.45.